The average Bonchev–Trinajstić information content (AvgIpc) is 2.89. The highest BCUT2D eigenvalue weighted by Gasteiger charge is 2.23. The summed E-state index contributed by atoms with van der Waals surface area (Å²) in [6, 6.07) is 9.05. The zero-order valence-electron chi connectivity index (χ0n) is 11.6. The lowest BCUT2D eigenvalue weighted by molar-refractivity contribution is 0.0518. The molecule has 0 bridgehead atoms. The van der Waals surface area contributed by atoms with Crippen LogP contribution < -0.4 is 0 Å². The van der Waals surface area contributed by atoms with Crippen LogP contribution >= 0.6 is 27.5 Å². The Morgan fingerprint density at radius 2 is 2.00 bits per heavy atom. The van der Waals surface area contributed by atoms with Gasteiger partial charge in [-0.05, 0) is 37.3 Å². The van der Waals surface area contributed by atoms with Crippen molar-refractivity contribution in [2.45, 2.75) is 6.92 Å². The summed E-state index contributed by atoms with van der Waals surface area (Å²) in [7, 11) is 0. The second-order valence-electron chi connectivity index (χ2n) is 4.45. The number of fused-ring (bicyclic) bond motifs is 1. The molecule has 0 fully saturated rings. The summed E-state index contributed by atoms with van der Waals surface area (Å²) >= 11 is 9.54. The van der Waals surface area contributed by atoms with Crippen molar-refractivity contribution in [3.8, 4) is 5.69 Å². The van der Waals surface area contributed by atoms with Crippen LogP contribution in [0.4, 0.5) is 0 Å². The zero-order chi connectivity index (χ0) is 15.7. The van der Waals surface area contributed by atoms with Gasteiger partial charge in [-0.15, -0.1) is 0 Å². The molecule has 112 valence electrons. The number of ether oxygens (including phenoxy) is 1. The van der Waals surface area contributed by atoms with E-state index in [0.29, 0.717) is 16.1 Å². The maximum atomic E-state index is 12.3. The van der Waals surface area contributed by atoms with E-state index in [4.69, 9.17) is 16.3 Å². The van der Waals surface area contributed by atoms with Crippen molar-refractivity contribution >= 4 is 44.5 Å². The molecule has 0 saturated carbocycles. The van der Waals surface area contributed by atoms with Gasteiger partial charge in [-0.1, -0.05) is 27.5 Å². The van der Waals surface area contributed by atoms with Gasteiger partial charge < -0.3 is 4.74 Å². The Kier molecular flexibility index (Phi) is 4.13. The number of hydrogen-bond donors (Lipinski definition) is 0. The maximum absolute atomic E-state index is 12.3. The third-order valence-corrected chi connectivity index (χ3v) is 3.88. The molecule has 2 heterocycles. The lowest BCUT2D eigenvalue weighted by Crippen LogP contribution is -2.12. The molecule has 7 heteroatoms. The van der Waals surface area contributed by atoms with Crippen LogP contribution in [0.1, 0.15) is 17.4 Å². The molecular formula is C15H11BrClN3O2. The molecule has 0 N–H and O–H groups in total. The summed E-state index contributed by atoms with van der Waals surface area (Å²) in [5.41, 5.74) is 1.88. The summed E-state index contributed by atoms with van der Waals surface area (Å²) in [5.74, 6) is -0.484. The second kappa shape index (κ2) is 6.06. The highest BCUT2D eigenvalue weighted by atomic mass is 79.9. The molecule has 0 aliphatic heterocycles. The van der Waals surface area contributed by atoms with Crippen LogP contribution in [0.3, 0.4) is 0 Å². The monoisotopic (exact) mass is 379 g/mol. The van der Waals surface area contributed by atoms with E-state index < -0.39 is 5.97 Å². The van der Waals surface area contributed by atoms with Gasteiger partial charge in [0.15, 0.2) is 5.69 Å². The molecule has 3 aromatic rings. The quantitative estimate of drug-likeness (QED) is 0.644. The molecule has 0 spiro atoms. The Morgan fingerprint density at radius 1 is 1.27 bits per heavy atom. The Morgan fingerprint density at radius 3 is 2.68 bits per heavy atom. The lowest BCUT2D eigenvalue weighted by atomic mass is 10.3. The van der Waals surface area contributed by atoms with Crippen molar-refractivity contribution in [2.75, 3.05) is 6.61 Å². The summed E-state index contributed by atoms with van der Waals surface area (Å²) in [4.78, 5) is 16.5. The number of pyridine rings is 1. The minimum atomic E-state index is -0.484. The number of esters is 1. The molecule has 0 atom stereocenters. The standard InChI is InChI=1S/C15H11BrClN3O2/c1-2-22-15(21)14-13-12(11(17)7-8-18-13)19-20(14)10-5-3-9(16)4-6-10/h3-8H,2H2,1H3. The first-order chi connectivity index (χ1) is 10.6. The van der Waals surface area contributed by atoms with E-state index in [2.05, 4.69) is 26.0 Å². The van der Waals surface area contributed by atoms with E-state index in [0.717, 1.165) is 10.2 Å². The Labute approximate surface area is 140 Å². The molecule has 0 aliphatic rings. The first-order valence-corrected chi connectivity index (χ1v) is 7.75. The van der Waals surface area contributed by atoms with Crippen molar-refractivity contribution in [3.63, 3.8) is 0 Å². The van der Waals surface area contributed by atoms with Crippen LogP contribution in [0.5, 0.6) is 0 Å². The Balaban J connectivity index is 2.28. The lowest BCUT2D eigenvalue weighted by Gasteiger charge is -2.06. The minimum Gasteiger partial charge on any atom is -0.461 e. The summed E-state index contributed by atoms with van der Waals surface area (Å²) < 4.78 is 7.57. The number of aromatic nitrogens is 3. The van der Waals surface area contributed by atoms with E-state index in [-0.39, 0.29) is 12.3 Å². The van der Waals surface area contributed by atoms with Crippen molar-refractivity contribution < 1.29 is 9.53 Å². The fourth-order valence-corrected chi connectivity index (χ4v) is 2.55. The maximum Gasteiger partial charge on any atom is 0.359 e. The van der Waals surface area contributed by atoms with Crippen LogP contribution in [-0.2, 0) is 4.74 Å². The van der Waals surface area contributed by atoms with Gasteiger partial charge in [0.1, 0.15) is 11.0 Å². The Hall–Kier alpha value is -1.92. The van der Waals surface area contributed by atoms with Crippen molar-refractivity contribution in [3.05, 3.63) is 51.7 Å². The normalized spacial score (nSPS) is 10.9. The highest BCUT2D eigenvalue weighted by molar-refractivity contribution is 9.10. The Bertz CT molecular complexity index is 846. The number of hydrogen-bond acceptors (Lipinski definition) is 4. The topological polar surface area (TPSA) is 57.0 Å². The summed E-state index contributed by atoms with van der Waals surface area (Å²) in [5, 5.41) is 4.86. The molecule has 0 aliphatic carbocycles. The van der Waals surface area contributed by atoms with Gasteiger partial charge >= 0.3 is 5.97 Å². The number of rotatable bonds is 3. The number of benzene rings is 1. The first-order valence-electron chi connectivity index (χ1n) is 6.58. The molecule has 0 radical (unpaired) electrons. The van der Waals surface area contributed by atoms with Gasteiger partial charge in [0.05, 0.1) is 17.3 Å². The molecule has 0 amide bonds. The molecule has 22 heavy (non-hydrogen) atoms. The van der Waals surface area contributed by atoms with Crippen LogP contribution in [-0.4, -0.2) is 27.3 Å². The number of carbonyl (C=O) groups is 1. The van der Waals surface area contributed by atoms with E-state index in [9.17, 15) is 4.79 Å². The smallest absolute Gasteiger partial charge is 0.359 e. The molecular weight excluding hydrogens is 370 g/mol. The highest BCUT2D eigenvalue weighted by Crippen LogP contribution is 2.26. The zero-order valence-corrected chi connectivity index (χ0v) is 13.9. The van der Waals surface area contributed by atoms with Gasteiger partial charge in [-0.2, -0.15) is 5.10 Å². The first kappa shape index (κ1) is 15.0. The fraction of sp³-hybridized carbons (Fsp3) is 0.133. The average molecular weight is 381 g/mol. The van der Waals surface area contributed by atoms with E-state index in [1.54, 1.807) is 19.2 Å². The SMILES string of the molecule is CCOC(=O)c1c2nccc(Cl)c2nn1-c1ccc(Br)cc1. The van der Waals surface area contributed by atoms with E-state index >= 15 is 0 Å². The molecule has 2 aromatic heterocycles. The van der Waals surface area contributed by atoms with E-state index in [1.165, 1.54) is 4.68 Å². The van der Waals surface area contributed by atoms with Crippen LogP contribution in [0.15, 0.2) is 41.0 Å². The van der Waals surface area contributed by atoms with Crippen molar-refractivity contribution in [1.82, 2.24) is 14.8 Å². The minimum absolute atomic E-state index is 0.265. The fourth-order valence-electron chi connectivity index (χ4n) is 2.10. The number of halogens is 2. The molecule has 5 nitrogen and oxygen atoms in total. The van der Waals surface area contributed by atoms with E-state index in [1.807, 2.05) is 24.3 Å². The molecule has 3 rings (SSSR count). The third kappa shape index (κ3) is 2.60. The predicted octanol–water partition coefficient (Wildman–Crippen LogP) is 4.01. The number of nitrogens with zero attached hydrogens (tertiary/aromatic N) is 3. The van der Waals surface area contributed by atoms with Crippen LogP contribution in [0, 0.1) is 0 Å². The van der Waals surface area contributed by atoms with Gasteiger partial charge in [-0.3, -0.25) is 4.98 Å². The largest absolute Gasteiger partial charge is 0.461 e. The van der Waals surface area contributed by atoms with Gasteiger partial charge in [0.2, 0.25) is 0 Å². The van der Waals surface area contributed by atoms with Crippen LogP contribution in [0.2, 0.25) is 5.02 Å². The molecule has 1 aromatic carbocycles. The summed E-state index contributed by atoms with van der Waals surface area (Å²) in [6.07, 6.45) is 1.54. The summed E-state index contributed by atoms with van der Waals surface area (Å²) in [6.45, 7) is 2.02. The van der Waals surface area contributed by atoms with Crippen molar-refractivity contribution in [1.29, 1.82) is 0 Å². The molecule has 0 saturated heterocycles. The van der Waals surface area contributed by atoms with Crippen LogP contribution in [0.25, 0.3) is 16.7 Å². The van der Waals surface area contributed by atoms with Gasteiger partial charge in [-0.25, -0.2) is 9.48 Å². The molecule has 0 unspecified atom stereocenters. The van der Waals surface area contributed by atoms with Crippen molar-refractivity contribution in [2.24, 2.45) is 0 Å². The third-order valence-electron chi connectivity index (χ3n) is 3.05. The predicted molar refractivity (Wildman–Crippen MR) is 87.5 cm³/mol. The number of carbonyl (C=O) groups excluding carboxylic acids is 1. The second-order valence-corrected chi connectivity index (χ2v) is 5.77. The van der Waals surface area contributed by atoms with Gasteiger partial charge in [0.25, 0.3) is 0 Å². The van der Waals surface area contributed by atoms with Gasteiger partial charge in [0, 0.05) is 10.7 Å².